The number of carboxylic acids is 4. The number of ether oxygens (including phenoxy) is 2. The number of carboxylic acid groups (broad SMARTS) is 4. The molecule has 1 aromatic rings. The molecule has 0 aromatic heterocycles. The number of benzene rings is 1. The van der Waals surface area contributed by atoms with Crippen molar-refractivity contribution in [3.8, 4) is 11.5 Å². The van der Waals surface area contributed by atoms with Crippen molar-refractivity contribution in [1.82, 2.24) is 0 Å². The summed E-state index contributed by atoms with van der Waals surface area (Å²) in [5, 5.41) is 35.4. The second-order valence-corrected chi connectivity index (χ2v) is 8.10. The van der Waals surface area contributed by atoms with Crippen molar-refractivity contribution >= 4 is 23.9 Å². The molecule has 4 unspecified atom stereocenters. The van der Waals surface area contributed by atoms with Crippen molar-refractivity contribution in [2.75, 3.05) is 0 Å². The van der Waals surface area contributed by atoms with E-state index in [-0.39, 0.29) is 12.2 Å². The molecule has 0 fully saturated rings. The third-order valence-corrected chi connectivity index (χ3v) is 5.79. The molecule has 2 aliphatic rings. The van der Waals surface area contributed by atoms with E-state index in [0.717, 1.165) is 0 Å². The highest BCUT2D eigenvalue weighted by atomic mass is 19.2. The lowest BCUT2D eigenvalue weighted by atomic mass is 9.81. The Balaban J connectivity index is 2.13. The summed E-state index contributed by atoms with van der Waals surface area (Å²) < 4.78 is 155. The lowest BCUT2D eigenvalue weighted by Gasteiger charge is -2.32. The van der Waals surface area contributed by atoms with E-state index in [0.29, 0.717) is 0 Å². The first-order chi connectivity index (χ1) is 19.1. The Kier molecular flexibility index (Phi) is 7.35. The second kappa shape index (κ2) is 9.80. The van der Waals surface area contributed by atoms with Gasteiger partial charge >= 0.3 is 35.2 Å². The monoisotopic (exact) mass is 622 g/mol. The molecular weight excluding hydrogens is 614 g/mol. The lowest BCUT2D eigenvalue weighted by Crippen LogP contribution is -2.59. The maximum atomic E-state index is 14.8. The molecule has 1 aromatic carbocycles. The molecule has 0 spiro atoms. The zero-order valence-electron chi connectivity index (χ0n) is 19.3. The minimum Gasteiger partial charge on any atom is -0.479 e. The van der Waals surface area contributed by atoms with Crippen LogP contribution < -0.4 is 9.47 Å². The van der Waals surface area contributed by atoms with Gasteiger partial charge in [-0.3, -0.25) is 0 Å². The Morgan fingerprint density at radius 1 is 0.524 bits per heavy atom. The molecular formula is C22H8F10O10. The van der Waals surface area contributed by atoms with Crippen LogP contribution in [-0.4, -0.2) is 67.0 Å². The Hall–Kier alpha value is -5.04. The molecule has 4 N–H and O–H groups in total. The molecule has 0 saturated heterocycles. The maximum Gasteiger partial charge on any atom is 0.353 e. The fraction of sp³-hybridized carbons (Fsp3) is 0.182. The fourth-order valence-corrected chi connectivity index (χ4v) is 3.50. The molecule has 2 aliphatic carbocycles. The molecule has 20 heteroatoms. The third-order valence-electron chi connectivity index (χ3n) is 5.79. The van der Waals surface area contributed by atoms with Crippen LogP contribution in [0.5, 0.6) is 11.5 Å². The first-order valence-electron chi connectivity index (χ1n) is 10.2. The van der Waals surface area contributed by atoms with Crippen LogP contribution in [0.15, 0.2) is 47.5 Å². The minimum absolute atomic E-state index is 0.214. The predicted octanol–water partition coefficient (Wildman–Crippen LogP) is 3.67. The van der Waals surface area contributed by atoms with Gasteiger partial charge < -0.3 is 29.9 Å². The van der Waals surface area contributed by atoms with Gasteiger partial charge in [-0.1, -0.05) is 0 Å². The molecule has 0 aliphatic heterocycles. The van der Waals surface area contributed by atoms with Crippen LogP contribution in [-0.2, 0) is 19.2 Å². The molecule has 226 valence electrons. The van der Waals surface area contributed by atoms with Crippen LogP contribution in [0.25, 0.3) is 0 Å². The standard InChI is InChI=1S/C22H8F10O10/c23-7-9(25)12(42-6-2-4-20(30,16(35)36)22(32,14(6)28)18(39)40)10(26)8(24)11(7)41-5-1-3-19(29,15(33)34)21(31,13(5)27)17(37)38/h1-4H,(H,33,34)(H,35,36)(H,37,38)(H,39,40). The van der Waals surface area contributed by atoms with Gasteiger partial charge in [0, 0.05) is 0 Å². The molecule has 0 radical (unpaired) electrons. The predicted molar refractivity (Wildman–Crippen MR) is 108 cm³/mol. The van der Waals surface area contributed by atoms with E-state index in [1.807, 2.05) is 0 Å². The van der Waals surface area contributed by atoms with Crippen molar-refractivity contribution in [3.63, 3.8) is 0 Å². The van der Waals surface area contributed by atoms with Gasteiger partial charge in [0.05, 0.1) is 0 Å². The lowest BCUT2D eigenvalue weighted by molar-refractivity contribution is -0.172. The number of aliphatic carboxylic acids is 4. The van der Waals surface area contributed by atoms with Gasteiger partial charge in [0.15, 0.2) is 23.2 Å². The highest BCUT2D eigenvalue weighted by molar-refractivity contribution is 5.97. The van der Waals surface area contributed by atoms with Crippen LogP contribution in [0, 0.1) is 23.3 Å². The van der Waals surface area contributed by atoms with Crippen LogP contribution in [0.3, 0.4) is 0 Å². The Bertz CT molecular complexity index is 1440. The second-order valence-electron chi connectivity index (χ2n) is 8.10. The average Bonchev–Trinajstić information content (AvgIpc) is 2.91. The van der Waals surface area contributed by atoms with Crippen molar-refractivity contribution in [3.05, 3.63) is 70.7 Å². The van der Waals surface area contributed by atoms with E-state index < -0.39 is 117 Å². The Labute approximate surface area is 222 Å². The molecule has 0 heterocycles. The van der Waals surface area contributed by atoms with Crippen LogP contribution in [0.4, 0.5) is 43.9 Å². The summed E-state index contributed by atoms with van der Waals surface area (Å²) in [6.45, 7) is 0. The molecule has 0 saturated carbocycles. The highest BCUT2D eigenvalue weighted by Crippen LogP contribution is 2.48. The van der Waals surface area contributed by atoms with Gasteiger partial charge in [0.1, 0.15) is 0 Å². The van der Waals surface area contributed by atoms with E-state index in [4.69, 9.17) is 20.4 Å². The quantitative estimate of drug-likeness (QED) is 0.248. The van der Waals surface area contributed by atoms with Crippen LogP contribution >= 0.6 is 0 Å². The van der Waals surface area contributed by atoms with Crippen LogP contribution in [0.2, 0.25) is 0 Å². The molecule has 0 amide bonds. The summed E-state index contributed by atoms with van der Waals surface area (Å²) >= 11 is 0. The largest absolute Gasteiger partial charge is 0.479 e. The minimum atomic E-state index is -5.15. The van der Waals surface area contributed by atoms with Gasteiger partial charge in [-0.2, -0.15) is 17.6 Å². The summed E-state index contributed by atoms with van der Waals surface area (Å²) in [4.78, 5) is 44.5. The number of hydrogen-bond acceptors (Lipinski definition) is 6. The smallest absolute Gasteiger partial charge is 0.353 e. The zero-order chi connectivity index (χ0) is 32.3. The number of rotatable bonds is 8. The number of carbonyl (C=O) groups is 4. The number of allylic oxidation sites excluding steroid dienone is 2. The van der Waals surface area contributed by atoms with Gasteiger partial charge in [-0.15, -0.1) is 0 Å². The SMILES string of the molecule is O=C(O)C1(F)C=CC(Oc2c(F)c(F)c(OC3=C(F)C(F)(C(=O)O)C(F)(C(=O)O)C=C3)c(F)c2F)=C(F)C1(F)C(=O)O. The average molecular weight is 622 g/mol. The summed E-state index contributed by atoms with van der Waals surface area (Å²) in [5.74, 6) is -38.1. The summed E-state index contributed by atoms with van der Waals surface area (Å²) in [6, 6.07) is 0. The van der Waals surface area contributed by atoms with Crippen molar-refractivity contribution in [2.24, 2.45) is 0 Å². The van der Waals surface area contributed by atoms with Crippen molar-refractivity contribution in [1.29, 1.82) is 0 Å². The summed E-state index contributed by atoms with van der Waals surface area (Å²) in [7, 11) is 0. The summed E-state index contributed by atoms with van der Waals surface area (Å²) in [6.07, 6.45) is -1.40. The first-order valence-corrected chi connectivity index (χ1v) is 10.2. The number of hydrogen-bond donors (Lipinski definition) is 4. The first kappa shape index (κ1) is 31.5. The highest BCUT2D eigenvalue weighted by Gasteiger charge is 2.70. The maximum absolute atomic E-state index is 14.8. The topological polar surface area (TPSA) is 168 Å². The Morgan fingerprint density at radius 2 is 0.786 bits per heavy atom. The van der Waals surface area contributed by atoms with E-state index in [1.54, 1.807) is 0 Å². The Morgan fingerprint density at radius 3 is 1.00 bits per heavy atom. The van der Waals surface area contributed by atoms with Crippen molar-refractivity contribution in [2.45, 2.75) is 22.7 Å². The third kappa shape index (κ3) is 3.96. The molecule has 4 atom stereocenters. The van der Waals surface area contributed by atoms with Gasteiger partial charge in [-0.05, 0) is 24.3 Å². The number of alkyl halides is 4. The fourth-order valence-electron chi connectivity index (χ4n) is 3.50. The molecule has 3 rings (SSSR count). The normalized spacial score (nSPS) is 29.0. The van der Waals surface area contributed by atoms with E-state index >= 15 is 0 Å². The van der Waals surface area contributed by atoms with Gasteiger partial charge in [-0.25, -0.2) is 45.5 Å². The van der Waals surface area contributed by atoms with Crippen LogP contribution in [0.1, 0.15) is 0 Å². The van der Waals surface area contributed by atoms with Gasteiger partial charge in [0.25, 0.3) is 11.3 Å². The van der Waals surface area contributed by atoms with E-state index in [1.165, 1.54) is 0 Å². The van der Waals surface area contributed by atoms with Gasteiger partial charge in [0.2, 0.25) is 34.8 Å². The molecule has 10 nitrogen and oxygen atoms in total. The molecule has 42 heavy (non-hydrogen) atoms. The summed E-state index contributed by atoms with van der Waals surface area (Å²) in [5.41, 5.74) is -19.7. The number of halogens is 10. The van der Waals surface area contributed by atoms with Crippen molar-refractivity contribution < 1.29 is 93.0 Å². The van der Waals surface area contributed by atoms with E-state index in [9.17, 15) is 63.1 Å². The van der Waals surface area contributed by atoms with E-state index in [2.05, 4.69) is 9.47 Å². The zero-order valence-corrected chi connectivity index (χ0v) is 19.3. The molecule has 0 bridgehead atoms.